The number of hydrogen-bond acceptors (Lipinski definition) is 6. The molecule has 1 N–H and O–H groups in total. The lowest BCUT2D eigenvalue weighted by atomic mass is 10.2. The second-order valence-corrected chi connectivity index (χ2v) is 7.47. The van der Waals surface area contributed by atoms with Gasteiger partial charge in [0.1, 0.15) is 12.4 Å². The third-order valence-corrected chi connectivity index (χ3v) is 5.21. The molecule has 34 heavy (non-hydrogen) atoms. The first-order valence-corrected chi connectivity index (χ1v) is 10.6. The molecule has 3 aromatic heterocycles. The Morgan fingerprint density at radius 2 is 1.91 bits per heavy atom. The first-order chi connectivity index (χ1) is 16.6. The molecule has 0 spiro atoms. The lowest BCUT2D eigenvalue weighted by molar-refractivity contribution is 0.0946. The number of benzene rings is 2. The molecular formula is C24H20FN7O2. The highest BCUT2D eigenvalue weighted by molar-refractivity contribution is 5.95. The van der Waals surface area contributed by atoms with Crippen LogP contribution in [0.5, 0.6) is 5.88 Å². The minimum atomic E-state index is -0.373. The van der Waals surface area contributed by atoms with Gasteiger partial charge in [0.2, 0.25) is 5.88 Å². The van der Waals surface area contributed by atoms with Crippen molar-refractivity contribution in [3.05, 3.63) is 90.0 Å². The molecule has 0 saturated carbocycles. The number of halogens is 1. The molecule has 0 radical (unpaired) electrons. The van der Waals surface area contributed by atoms with Crippen molar-refractivity contribution in [1.82, 2.24) is 34.9 Å². The van der Waals surface area contributed by atoms with Gasteiger partial charge in [-0.15, -0.1) is 15.3 Å². The van der Waals surface area contributed by atoms with Gasteiger partial charge in [0.15, 0.2) is 11.5 Å². The summed E-state index contributed by atoms with van der Waals surface area (Å²) in [6, 6.07) is 19.0. The smallest absolute Gasteiger partial charge is 0.254 e. The second-order valence-electron chi connectivity index (χ2n) is 7.47. The molecule has 0 bridgehead atoms. The highest BCUT2D eigenvalue weighted by Gasteiger charge is 2.15. The quantitative estimate of drug-likeness (QED) is 0.377. The molecular weight excluding hydrogens is 437 g/mol. The number of nitrogens with zero attached hydrogens (tertiary/aromatic N) is 6. The fourth-order valence-electron chi connectivity index (χ4n) is 3.53. The summed E-state index contributed by atoms with van der Waals surface area (Å²) in [6.45, 7) is 2.32. The average molecular weight is 457 g/mol. The normalized spacial score (nSPS) is 11.0. The number of amides is 1. The Morgan fingerprint density at radius 1 is 1.06 bits per heavy atom. The van der Waals surface area contributed by atoms with Crippen molar-refractivity contribution in [3.8, 4) is 23.0 Å². The third kappa shape index (κ3) is 4.20. The Labute approximate surface area is 193 Å². The number of aromatic nitrogens is 6. The SMILES string of the molecule is Cc1c(C(=O)NCCOc2ccc3nnc(-c4cccc(F)c4)n3n2)cnn1-c1ccccc1. The summed E-state index contributed by atoms with van der Waals surface area (Å²) in [5.41, 5.74) is 3.18. The monoisotopic (exact) mass is 457 g/mol. The van der Waals surface area contributed by atoms with Gasteiger partial charge < -0.3 is 10.1 Å². The highest BCUT2D eigenvalue weighted by atomic mass is 19.1. The van der Waals surface area contributed by atoms with Crippen LogP contribution in [0.3, 0.4) is 0 Å². The molecule has 0 atom stereocenters. The molecule has 0 saturated heterocycles. The van der Waals surface area contributed by atoms with Gasteiger partial charge in [0.05, 0.1) is 29.7 Å². The van der Waals surface area contributed by atoms with Crippen molar-refractivity contribution in [1.29, 1.82) is 0 Å². The maximum atomic E-state index is 13.6. The van der Waals surface area contributed by atoms with Gasteiger partial charge in [0, 0.05) is 11.6 Å². The zero-order valence-electron chi connectivity index (χ0n) is 18.2. The Balaban J connectivity index is 1.22. The van der Waals surface area contributed by atoms with Crippen LogP contribution in [0.4, 0.5) is 4.39 Å². The van der Waals surface area contributed by atoms with Crippen LogP contribution in [0.15, 0.2) is 72.9 Å². The minimum Gasteiger partial charge on any atom is -0.475 e. The third-order valence-electron chi connectivity index (χ3n) is 5.21. The van der Waals surface area contributed by atoms with Gasteiger partial charge in [-0.2, -0.15) is 9.61 Å². The predicted octanol–water partition coefficient (Wildman–Crippen LogP) is 3.23. The molecule has 5 aromatic rings. The van der Waals surface area contributed by atoms with E-state index in [2.05, 4.69) is 25.7 Å². The van der Waals surface area contributed by atoms with Crippen LogP contribution < -0.4 is 10.1 Å². The van der Waals surface area contributed by atoms with Gasteiger partial charge in [-0.1, -0.05) is 30.3 Å². The van der Waals surface area contributed by atoms with Crippen molar-refractivity contribution < 1.29 is 13.9 Å². The molecule has 0 aliphatic rings. The molecule has 5 rings (SSSR count). The molecule has 0 aliphatic heterocycles. The van der Waals surface area contributed by atoms with E-state index in [-0.39, 0.29) is 24.9 Å². The highest BCUT2D eigenvalue weighted by Crippen LogP contribution is 2.20. The lowest BCUT2D eigenvalue weighted by Crippen LogP contribution is -2.28. The molecule has 2 aromatic carbocycles. The molecule has 9 nitrogen and oxygen atoms in total. The Morgan fingerprint density at radius 3 is 2.74 bits per heavy atom. The standard InChI is InChI=1S/C24H20FN7O2/c1-16-20(15-27-31(16)19-8-3-2-4-9-19)24(33)26-12-13-34-22-11-10-21-28-29-23(32(21)30-22)17-6-5-7-18(25)14-17/h2-11,14-15H,12-13H2,1H3,(H,26,33). The average Bonchev–Trinajstić information content (AvgIpc) is 3.45. The number of hydrogen-bond donors (Lipinski definition) is 1. The summed E-state index contributed by atoms with van der Waals surface area (Å²) in [5, 5.41) is 19.7. The maximum absolute atomic E-state index is 13.6. The van der Waals surface area contributed by atoms with E-state index >= 15 is 0 Å². The zero-order chi connectivity index (χ0) is 23.5. The van der Waals surface area contributed by atoms with Crippen molar-refractivity contribution in [2.75, 3.05) is 13.2 Å². The van der Waals surface area contributed by atoms with Gasteiger partial charge >= 0.3 is 0 Å². The van der Waals surface area contributed by atoms with Crippen LogP contribution in [0.2, 0.25) is 0 Å². The van der Waals surface area contributed by atoms with E-state index in [1.165, 1.54) is 16.6 Å². The van der Waals surface area contributed by atoms with Crippen molar-refractivity contribution in [2.45, 2.75) is 6.92 Å². The molecule has 0 unspecified atom stereocenters. The second kappa shape index (κ2) is 9.10. The molecule has 0 aliphatic carbocycles. The zero-order valence-corrected chi connectivity index (χ0v) is 18.2. The van der Waals surface area contributed by atoms with Gasteiger partial charge in [0.25, 0.3) is 5.91 Å². The first-order valence-electron chi connectivity index (χ1n) is 10.6. The fourth-order valence-corrected chi connectivity index (χ4v) is 3.53. The number of carbonyl (C=O) groups excluding carboxylic acids is 1. The molecule has 3 heterocycles. The summed E-state index contributed by atoms with van der Waals surface area (Å²) in [4.78, 5) is 12.6. The fraction of sp³-hybridized carbons (Fsp3) is 0.125. The van der Waals surface area contributed by atoms with Gasteiger partial charge in [-0.3, -0.25) is 4.79 Å². The van der Waals surface area contributed by atoms with Crippen LogP contribution in [0.25, 0.3) is 22.7 Å². The van der Waals surface area contributed by atoms with Crippen molar-refractivity contribution >= 4 is 11.6 Å². The van der Waals surface area contributed by atoms with Crippen molar-refractivity contribution in [3.63, 3.8) is 0 Å². The van der Waals surface area contributed by atoms with Crippen LogP contribution in [-0.2, 0) is 0 Å². The van der Waals surface area contributed by atoms with E-state index in [4.69, 9.17) is 4.74 Å². The minimum absolute atomic E-state index is 0.202. The summed E-state index contributed by atoms with van der Waals surface area (Å²) >= 11 is 0. The largest absolute Gasteiger partial charge is 0.475 e. The number of ether oxygens (including phenoxy) is 1. The van der Waals surface area contributed by atoms with E-state index in [0.717, 1.165) is 11.4 Å². The van der Waals surface area contributed by atoms with Gasteiger partial charge in [-0.25, -0.2) is 9.07 Å². The van der Waals surface area contributed by atoms with E-state index in [0.29, 0.717) is 28.5 Å². The number of nitrogens with one attached hydrogen (secondary N) is 1. The maximum Gasteiger partial charge on any atom is 0.254 e. The van der Waals surface area contributed by atoms with Crippen LogP contribution >= 0.6 is 0 Å². The number of fused-ring (bicyclic) bond motifs is 1. The Hall–Kier alpha value is -4.60. The number of carbonyl (C=O) groups is 1. The molecule has 10 heteroatoms. The number of rotatable bonds is 7. The summed E-state index contributed by atoms with van der Waals surface area (Å²) < 4.78 is 22.5. The summed E-state index contributed by atoms with van der Waals surface area (Å²) in [7, 11) is 0. The molecule has 0 fully saturated rings. The Kier molecular flexibility index (Phi) is 5.69. The Bertz CT molecular complexity index is 1460. The summed E-state index contributed by atoms with van der Waals surface area (Å²) in [5.74, 6) is 0.118. The van der Waals surface area contributed by atoms with E-state index in [9.17, 15) is 9.18 Å². The van der Waals surface area contributed by atoms with Crippen LogP contribution in [-0.4, -0.2) is 48.7 Å². The van der Waals surface area contributed by atoms with Crippen LogP contribution in [0.1, 0.15) is 16.1 Å². The molecule has 170 valence electrons. The van der Waals surface area contributed by atoms with Crippen molar-refractivity contribution in [2.24, 2.45) is 0 Å². The van der Waals surface area contributed by atoms with E-state index in [1.807, 2.05) is 37.3 Å². The molecule has 1 amide bonds. The van der Waals surface area contributed by atoms with E-state index in [1.54, 1.807) is 35.1 Å². The van der Waals surface area contributed by atoms with Gasteiger partial charge in [-0.05, 0) is 37.3 Å². The lowest BCUT2D eigenvalue weighted by Gasteiger charge is -2.08. The topological polar surface area (TPSA) is 99.2 Å². The van der Waals surface area contributed by atoms with E-state index < -0.39 is 0 Å². The first kappa shape index (κ1) is 21.3. The number of para-hydroxylation sites is 1. The van der Waals surface area contributed by atoms with Crippen LogP contribution in [0, 0.1) is 12.7 Å². The predicted molar refractivity (Wildman–Crippen MR) is 122 cm³/mol. The summed E-state index contributed by atoms with van der Waals surface area (Å²) in [6.07, 6.45) is 1.55.